The monoisotopic (exact) mass is 379 g/mol. The van der Waals surface area contributed by atoms with Crippen molar-refractivity contribution < 1.29 is 17.9 Å². The molecule has 0 N–H and O–H groups in total. The molecule has 0 bridgehead atoms. The van der Waals surface area contributed by atoms with Gasteiger partial charge in [0.25, 0.3) is 0 Å². The molecular weight excluding hydrogens is 358 g/mol. The van der Waals surface area contributed by atoms with Gasteiger partial charge < -0.3 is 4.74 Å². The lowest BCUT2D eigenvalue weighted by Crippen LogP contribution is -2.42. The van der Waals surface area contributed by atoms with Gasteiger partial charge in [-0.1, -0.05) is 18.2 Å². The number of hydrogen-bond acceptors (Lipinski definition) is 5. The predicted octanol–water partition coefficient (Wildman–Crippen LogP) is 3.32. The topological polar surface area (TPSA) is 63.7 Å². The number of nitrogens with zero attached hydrogens (tertiary/aromatic N) is 1. The van der Waals surface area contributed by atoms with Crippen LogP contribution in [0.15, 0.2) is 46.7 Å². The van der Waals surface area contributed by atoms with Crippen LogP contribution in [0.1, 0.15) is 35.0 Å². The minimum atomic E-state index is -3.65. The summed E-state index contributed by atoms with van der Waals surface area (Å²) in [6, 6.07) is 9.99. The average Bonchev–Trinajstić information content (AvgIpc) is 3.13. The Morgan fingerprint density at radius 1 is 1.20 bits per heavy atom. The molecule has 0 aliphatic carbocycles. The summed E-state index contributed by atoms with van der Waals surface area (Å²) in [6.45, 7) is 2.97. The molecule has 1 aliphatic rings. The molecule has 3 rings (SSSR count). The number of rotatable bonds is 6. The van der Waals surface area contributed by atoms with Gasteiger partial charge in [0.1, 0.15) is 0 Å². The fourth-order valence-corrected chi connectivity index (χ4v) is 5.38. The highest BCUT2D eigenvalue weighted by atomic mass is 32.2. The lowest BCUT2D eigenvalue weighted by atomic mass is 10.1. The highest BCUT2D eigenvalue weighted by molar-refractivity contribution is 7.89. The molecule has 134 valence electrons. The summed E-state index contributed by atoms with van der Waals surface area (Å²) in [5, 5.41) is 1.95. The zero-order chi connectivity index (χ0) is 17.9. The lowest BCUT2D eigenvalue weighted by Gasteiger charge is -2.33. The number of Topliss-reactive ketones (excluding diaryl/α,β-unsaturated/α-hetero) is 1. The molecule has 7 heteroatoms. The quantitative estimate of drug-likeness (QED) is 0.722. The number of ether oxygens (including phenoxy) is 1. The molecule has 1 saturated heterocycles. The van der Waals surface area contributed by atoms with Crippen LogP contribution in [0, 0.1) is 0 Å². The van der Waals surface area contributed by atoms with Gasteiger partial charge in [-0.15, -0.1) is 11.3 Å². The van der Waals surface area contributed by atoms with E-state index in [2.05, 4.69) is 0 Å². The molecule has 2 heterocycles. The Bertz CT molecular complexity index is 807. The number of thiophene rings is 1. The van der Waals surface area contributed by atoms with Gasteiger partial charge in [-0.25, -0.2) is 8.42 Å². The first-order chi connectivity index (χ1) is 12.0. The Morgan fingerprint density at radius 3 is 2.44 bits per heavy atom. The number of carbonyl (C=O) groups is 1. The second-order valence-electron chi connectivity index (χ2n) is 6.05. The summed E-state index contributed by atoms with van der Waals surface area (Å²) in [7, 11) is -3.65. The van der Waals surface area contributed by atoms with Gasteiger partial charge in [0.05, 0.1) is 4.90 Å². The van der Waals surface area contributed by atoms with Gasteiger partial charge in [-0.05, 0) is 43.3 Å². The lowest BCUT2D eigenvalue weighted by molar-refractivity contribution is 0.0571. The second-order valence-corrected chi connectivity index (χ2v) is 8.98. The van der Waals surface area contributed by atoms with Crippen LogP contribution in [0.2, 0.25) is 0 Å². The normalized spacial score (nSPS) is 16.2. The van der Waals surface area contributed by atoms with Gasteiger partial charge in [-0.3, -0.25) is 4.79 Å². The van der Waals surface area contributed by atoms with Crippen molar-refractivity contribution in [3.8, 4) is 0 Å². The molecule has 1 aliphatic heterocycles. The van der Waals surface area contributed by atoms with Crippen LogP contribution in [0.3, 0.4) is 0 Å². The van der Waals surface area contributed by atoms with Gasteiger partial charge in [0, 0.05) is 36.2 Å². The molecule has 0 amide bonds. The number of sulfonamides is 1. The van der Waals surface area contributed by atoms with E-state index in [1.54, 1.807) is 27.8 Å². The summed E-state index contributed by atoms with van der Waals surface area (Å²) in [4.78, 5) is 12.7. The average molecular weight is 380 g/mol. The minimum Gasteiger partial charge on any atom is -0.381 e. The zero-order valence-corrected chi connectivity index (χ0v) is 15.7. The Morgan fingerprint density at radius 2 is 1.88 bits per heavy atom. The third-order valence-corrected chi connectivity index (χ3v) is 7.13. The van der Waals surface area contributed by atoms with Crippen molar-refractivity contribution in [2.45, 2.75) is 37.2 Å². The first-order valence-electron chi connectivity index (χ1n) is 8.21. The summed E-state index contributed by atoms with van der Waals surface area (Å²) in [5.41, 5.74) is 0.509. The smallest absolute Gasteiger partial charge is 0.243 e. The van der Waals surface area contributed by atoms with Gasteiger partial charge >= 0.3 is 0 Å². The number of carbonyl (C=O) groups excluding carboxylic acids is 1. The molecule has 1 fully saturated rings. The largest absolute Gasteiger partial charge is 0.381 e. The Kier molecular flexibility index (Phi) is 5.68. The van der Waals surface area contributed by atoms with Crippen molar-refractivity contribution in [2.75, 3.05) is 13.2 Å². The third-order valence-electron chi connectivity index (χ3n) is 4.36. The summed E-state index contributed by atoms with van der Waals surface area (Å²) >= 11 is 1.55. The van der Waals surface area contributed by atoms with Gasteiger partial charge in [0.2, 0.25) is 10.0 Å². The number of ketones is 1. The fraction of sp³-hybridized carbons (Fsp3) is 0.389. The van der Waals surface area contributed by atoms with E-state index in [1.807, 2.05) is 17.5 Å². The highest BCUT2D eigenvalue weighted by Crippen LogP contribution is 2.27. The van der Waals surface area contributed by atoms with Crippen molar-refractivity contribution in [2.24, 2.45) is 0 Å². The van der Waals surface area contributed by atoms with Crippen LogP contribution >= 0.6 is 11.3 Å². The molecule has 2 aromatic rings. The predicted molar refractivity (Wildman–Crippen MR) is 97.3 cm³/mol. The number of hydrogen-bond donors (Lipinski definition) is 0. The SMILES string of the molecule is CC(=O)c1ccc(S(=O)(=O)N(Cc2cccs2)C2CCOCC2)cc1. The molecule has 0 atom stereocenters. The van der Waals surface area contributed by atoms with E-state index >= 15 is 0 Å². The zero-order valence-electron chi connectivity index (χ0n) is 14.1. The van der Waals surface area contributed by atoms with Crippen LogP contribution in [0.5, 0.6) is 0 Å². The number of benzene rings is 1. The van der Waals surface area contributed by atoms with E-state index in [9.17, 15) is 13.2 Å². The van der Waals surface area contributed by atoms with Crippen LogP contribution in [-0.2, 0) is 21.3 Å². The maximum atomic E-state index is 13.2. The van der Waals surface area contributed by atoms with Crippen LogP contribution in [0.4, 0.5) is 0 Å². The maximum Gasteiger partial charge on any atom is 0.243 e. The van der Waals surface area contributed by atoms with E-state index in [4.69, 9.17) is 4.74 Å². The van der Waals surface area contributed by atoms with E-state index in [0.29, 0.717) is 38.2 Å². The van der Waals surface area contributed by atoms with Crippen LogP contribution in [-0.4, -0.2) is 37.8 Å². The fourth-order valence-electron chi connectivity index (χ4n) is 2.94. The first-order valence-corrected chi connectivity index (χ1v) is 10.5. The van der Waals surface area contributed by atoms with Crippen molar-refractivity contribution in [1.29, 1.82) is 0 Å². The van der Waals surface area contributed by atoms with Gasteiger partial charge in [-0.2, -0.15) is 4.31 Å². The summed E-state index contributed by atoms with van der Waals surface area (Å²) in [5.74, 6) is -0.0798. The van der Waals surface area contributed by atoms with E-state index in [-0.39, 0.29) is 16.7 Å². The van der Waals surface area contributed by atoms with E-state index in [0.717, 1.165) is 4.88 Å². The molecule has 1 aromatic carbocycles. The Labute approximate surface area is 152 Å². The second kappa shape index (κ2) is 7.78. The third kappa shape index (κ3) is 4.17. The standard InChI is InChI=1S/C18H21NO4S2/c1-14(20)15-4-6-18(7-5-15)25(21,22)19(13-17-3-2-12-24-17)16-8-10-23-11-9-16/h2-7,12,16H,8-11,13H2,1H3. The van der Waals surface area contributed by atoms with Crippen molar-refractivity contribution in [3.63, 3.8) is 0 Å². The van der Waals surface area contributed by atoms with Crippen LogP contribution in [0.25, 0.3) is 0 Å². The van der Waals surface area contributed by atoms with Crippen molar-refractivity contribution in [3.05, 3.63) is 52.2 Å². The van der Waals surface area contributed by atoms with Crippen molar-refractivity contribution >= 4 is 27.1 Å². The Hall–Kier alpha value is -1.54. The molecule has 0 unspecified atom stereocenters. The first kappa shape index (κ1) is 18.3. The van der Waals surface area contributed by atoms with Gasteiger partial charge in [0.15, 0.2) is 5.78 Å². The van der Waals surface area contributed by atoms with Crippen molar-refractivity contribution in [1.82, 2.24) is 4.31 Å². The minimum absolute atomic E-state index is 0.0756. The molecule has 0 saturated carbocycles. The van der Waals surface area contributed by atoms with E-state index in [1.165, 1.54) is 19.1 Å². The summed E-state index contributed by atoms with van der Waals surface area (Å²) in [6.07, 6.45) is 1.38. The molecule has 5 nitrogen and oxygen atoms in total. The summed E-state index contributed by atoms with van der Waals surface area (Å²) < 4.78 is 33.5. The molecule has 0 radical (unpaired) electrons. The Balaban J connectivity index is 1.93. The molecule has 0 spiro atoms. The maximum absolute atomic E-state index is 13.2. The highest BCUT2D eigenvalue weighted by Gasteiger charge is 2.33. The van der Waals surface area contributed by atoms with Crippen LogP contribution < -0.4 is 0 Å². The molecule has 1 aromatic heterocycles. The molecule has 25 heavy (non-hydrogen) atoms. The van der Waals surface area contributed by atoms with E-state index < -0.39 is 10.0 Å². The molecular formula is C18H21NO4S2.